The first-order chi connectivity index (χ1) is 13.1. The summed E-state index contributed by atoms with van der Waals surface area (Å²) < 4.78 is 0. The van der Waals surface area contributed by atoms with E-state index in [2.05, 4.69) is 23.3 Å². The van der Waals surface area contributed by atoms with Crippen molar-refractivity contribution in [2.45, 2.75) is 57.5 Å². The molecule has 1 amide bonds. The quantitative estimate of drug-likeness (QED) is 0.705. The largest absolute Gasteiger partial charge is 0.399 e. The number of nitrogens with one attached hydrogen (secondary N) is 1. The van der Waals surface area contributed by atoms with Gasteiger partial charge in [0.15, 0.2) is 0 Å². The lowest BCUT2D eigenvalue weighted by molar-refractivity contribution is -0.116. The van der Waals surface area contributed by atoms with E-state index in [9.17, 15) is 4.79 Å². The van der Waals surface area contributed by atoms with Gasteiger partial charge < -0.3 is 11.1 Å². The van der Waals surface area contributed by atoms with Gasteiger partial charge in [-0.05, 0) is 49.6 Å². The van der Waals surface area contributed by atoms with Gasteiger partial charge in [-0.25, -0.2) is 0 Å². The summed E-state index contributed by atoms with van der Waals surface area (Å²) in [6, 6.07) is 16.5. The van der Waals surface area contributed by atoms with Crippen molar-refractivity contribution in [3.8, 4) is 0 Å². The van der Waals surface area contributed by atoms with E-state index >= 15 is 0 Å². The first kappa shape index (κ1) is 19.4. The molecule has 1 aliphatic carbocycles. The standard InChI is InChI=1S/C23H31N3O/c1-26(20-11-3-2-4-12-20)17-19-10-6-8-14-22(19)25-23(27)16-15-18-9-5-7-13-21(18)24/h5-10,13-14,20H,2-4,11-12,15-17,24H2,1H3,(H,25,27). The molecule has 144 valence electrons. The van der Waals surface area contributed by atoms with Crippen LogP contribution in [0.5, 0.6) is 0 Å². The zero-order chi connectivity index (χ0) is 19.1. The van der Waals surface area contributed by atoms with Crippen LogP contribution in [-0.2, 0) is 17.8 Å². The van der Waals surface area contributed by atoms with Gasteiger partial charge in [0.05, 0.1) is 0 Å². The van der Waals surface area contributed by atoms with Crippen molar-refractivity contribution >= 4 is 17.3 Å². The van der Waals surface area contributed by atoms with Gasteiger partial charge in [-0.15, -0.1) is 0 Å². The average Bonchev–Trinajstić information content (AvgIpc) is 2.69. The van der Waals surface area contributed by atoms with Gasteiger partial charge in [0.2, 0.25) is 5.91 Å². The molecule has 0 spiro atoms. The Morgan fingerprint density at radius 2 is 1.70 bits per heavy atom. The van der Waals surface area contributed by atoms with E-state index in [4.69, 9.17) is 5.73 Å². The van der Waals surface area contributed by atoms with Gasteiger partial charge in [-0.2, -0.15) is 0 Å². The molecular weight excluding hydrogens is 334 g/mol. The second-order valence-electron chi connectivity index (χ2n) is 7.61. The molecule has 0 radical (unpaired) electrons. The van der Waals surface area contributed by atoms with Crippen LogP contribution in [0.4, 0.5) is 11.4 Å². The number of nitrogens with zero attached hydrogens (tertiary/aromatic N) is 1. The minimum Gasteiger partial charge on any atom is -0.399 e. The van der Waals surface area contributed by atoms with Crippen LogP contribution in [0.3, 0.4) is 0 Å². The number of benzene rings is 2. The number of aryl methyl sites for hydroxylation is 1. The molecule has 1 fully saturated rings. The lowest BCUT2D eigenvalue weighted by Crippen LogP contribution is -2.33. The third-order valence-electron chi connectivity index (χ3n) is 5.59. The van der Waals surface area contributed by atoms with Crippen LogP contribution >= 0.6 is 0 Å². The van der Waals surface area contributed by atoms with Gasteiger partial charge >= 0.3 is 0 Å². The number of anilines is 2. The number of para-hydroxylation sites is 2. The van der Waals surface area contributed by atoms with Crippen molar-refractivity contribution in [1.29, 1.82) is 0 Å². The van der Waals surface area contributed by atoms with E-state index in [1.807, 2.05) is 42.5 Å². The maximum absolute atomic E-state index is 12.5. The van der Waals surface area contributed by atoms with Crippen molar-refractivity contribution in [3.63, 3.8) is 0 Å². The molecule has 0 aliphatic heterocycles. The fourth-order valence-electron chi connectivity index (χ4n) is 3.92. The zero-order valence-corrected chi connectivity index (χ0v) is 16.3. The molecule has 4 nitrogen and oxygen atoms in total. The van der Waals surface area contributed by atoms with Gasteiger partial charge in [-0.1, -0.05) is 55.7 Å². The molecule has 3 rings (SSSR count). The van der Waals surface area contributed by atoms with E-state index in [1.54, 1.807) is 0 Å². The summed E-state index contributed by atoms with van der Waals surface area (Å²) in [5.74, 6) is 0.0334. The molecule has 0 atom stereocenters. The predicted molar refractivity (Wildman–Crippen MR) is 113 cm³/mol. The molecule has 0 heterocycles. The van der Waals surface area contributed by atoms with Crippen molar-refractivity contribution < 1.29 is 4.79 Å². The Labute approximate surface area is 162 Å². The summed E-state index contributed by atoms with van der Waals surface area (Å²) in [6.45, 7) is 0.868. The Morgan fingerprint density at radius 1 is 1.04 bits per heavy atom. The normalized spacial score (nSPS) is 15.0. The van der Waals surface area contributed by atoms with E-state index in [-0.39, 0.29) is 5.91 Å². The van der Waals surface area contributed by atoms with Crippen LogP contribution in [0.1, 0.15) is 49.7 Å². The predicted octanol–water partition coefficient (Wildman–Crippen LogP) is 4.60. The molecule has 4 heteroatoms. The average molecular weight is 366 g/mol. The molecule has 0 aromatic heterocycles. The smallest absolute Gasteiger partial charge is 0.224 e. The minimum atomic E-state index is 0.0334. The minimum absolute atomic E-state index is 0.0334. The van der Waals surface area contributed by atoms with Gasteiger partial charge in [0.25, 0.3) is 0 Å². The third-order valence-corrected chi connectivity index (χ3v) is 5.59. The topological polar surface area (TPSA) is 58.4 Å². The number of carbonyl (C=O) groups is 1. The van der Waals surface area contributed by atoms with Crippen molar-refractivity contribution in [2.75, 3.05) is 18.1 Å². The molecule has 27 heavy (non-hydrogen) atoms. The molecule has 0 bridgehead atoms. The Bertz CT molecular complexity index is 753. The Kier molecular flexibility index (Phi) is 6.88. The zero-order valence-electron chi connectivity index (χ0n) is 16.3. The monoisotopic (exact) mass is 365 g/mol. The summed E-state index contributed by atoms with van der Waals surface area (Å²) in [6.07, 6.45) is 7.67. The highest BCUT2D eigenvalue weighted by Gasteiger charge is 2.19. The fraction of sp³-hybridized carbons (Fsp3) is 0.435. The lowest BCUT2D eigenvalue weighted by atomic mass is 9.94. The number of nitrogen functional groups attached to an aromatic ring is 1. The van der Waals surface area contributed by atoms with E-state index in [1.165, 1.54) is 37.7 Å². The molecule has 3 N–H and O–H groups in total. The lowest BCUT2D eigenvalue weighted by Gasteiger charge is -2.31. The van der Waals surface area contributed by atoms with Crippen LogP contribution in [0, 0.1) is 0 Å². The van der Waals surface area contributed by atoms with Crippen LogP contribution in [0.25, 0.3) is 0 Å². The first-order valence-corrected chi connectivity index (χ1v) is 10.0. The van der Waals surface area contributed by atoms with Crippen LogP contribution in [0.15, 0.2) is 48.5 Å². The highest BCUT2D eigenvalue weighted by molar-refractivity contribution is 5.91. The Hall–Kier alpha value is -2.33. The molecule has 0 unspecified atom stereocenters. The van der Waals surface area contributed by atoms with Crippen molar-refractivity contribution in [2.24, 2.45) is 0 Å². The van der Waals surface area contributed by atoms with Crippen LogP contribution in [-0.4, -0.2) is 23.9 Å². The highest BCUT2D eigenvalue weighted by atomic mass is 16.1. The highest BCUT2D eigenvalue weighted by Crippen LogP contribution is 2.25. The Morgan fingerprint density at radius 3 is 2.44 bits per heavy atom. The van der Waals surface area contributed by atoms with E-state index < -0.39 is 0 Å². The van der Waals surface area contributed by atoms with Crippen LogP contribution < -0.4 is 11.1 Å². The molecule has 1 aliphatic rings. The van der Waals surface area contributed by atoms with E-state index in [0.717, 1.165) is 23.5 Å². The molecular formula is C23H31N3O. The fourth-order valence-corrected chi connectivity index (χ4v) is 3.92. The van der Waals surface area contributed by atoms with Crippen molar-refractivity contribution in [3.05, 3.63) is 59.7 Å². The number of hydrogen-bond donors (Lipinski definition) is 2. The van der Waals surface area contributed by atoms with Gasteiger partial charge in [0, 0.05) is 30.4 Å². The number of rotatable bonds is 7. The number of carbonyl (C=O) groups excluding carboxylic acids is 1. The molecule has 1 saturated carbocycles. The number of hydrogen-bond acceptors (Lipinski definition) is 3. The SMILES string of the molecule is CN(Cc1ccccc1NC(=O)CCc1ccccc1N)C1CCCCC1. The third kappa shape index (κ3) is 5.57. The summed E-state index contributed by atoms with van der Waals surface area (Å²) in [5.41, 5.74) is 9.85. The molecule has 0 saturated heterocycles. The number of nitrogens with two attached hydrogens (primary N) is 1. The summed E-state index contributed by atoms with van der Waals surface area (Å²) in [5, 5.41) is 3.10. The maximum Gasteiger partial charge on any atom is 0.224 e. The van der Waals surface area contributed by atoms with Gasteiger partial charge in [-0.3, -0.25) is 9.69 Å². The molecule has 2 aromatic carbocycles. The summed E-state index contributed by atoms with van der Waals surface area (Å²) >= 11 is 0. The summed E-state index contributed by atoms with van der Waals surface area (Å²) in [7, 11) is 2.20. The second-order valence-corrected chi connectivity index (χ2v) is 7.61. The summed E-state index contributed by atoms with van der Waals surface area (Å²) in [4.78, 5) is 14.9. The van der Waals surface area contributed by atoms with Crippen molar-refractivity contribution in [1.82, 2.24) is 4.90 Å². The van der Waals surface area contributed by atoms with Gasteiger partial charge in [0.1, 0.15) is 0 Å². The Balaban J connectivity index is 1.58. The van der Waals surface area contributed by atoms with Crippen LogP contribution in [0.2, 0.25) is 0 Å². The first-order valence-electron chi connectivity index (χ1n) is 10.0. The number of amides is 1. The molecule has 2 aromatic rings. The van der Waals surface area contributed by atoms with E-state index in [0.29, 0.717) is 18.9 Å². The second kappa shape index (κ2) is 9.56. The maximum atomic E-state index is 12.5.